The van der Waals surface area contributed by atoms with Crippen LogP contribution in [0.3, 0.4) is 0 Å². The molecule has 1 unspecified atom stereocenters. The summed E-state index contributed by atoms with van der Waals surface area (Å²) in [5.74, 6) is 0. The van der Waals surface area contributed by atoms with Gasteiger partial charge < -0.3 is 0 Å². The summed E-state index contributed by atoms with van der Waals surface area (Å²) in [6, 6.07) is 6.41. The molecular weight excluding hydrogens is 432 g/mol. The molecule has 0 N–H and O–H groups in total. The summed E-state index contributed by atoms with van der Waals surface area (Å²) in [6.07, 6.45) is 17.4. The topological polar surface area (TPSA) is 109 Å². The van der Waals surface area contributed by atoms with Gasteiger partial charge in [-0.05, 0) is 32.1 Å². The third-order valence-electron chi connectivity index (χ3n) is 6.08. The summed E-state index contributed by atoms with van der Waals surface area (Å²) >= 11 is 0. The first kappa shape index (κ1) is 31.4. The highest BCUT2D eigenvalue weighted by Gasteiger charge is 2.31. The first-order valence-corrected chi connectivity index (χ1v) is 14.7. The fourth-order valence-electron chi connectivity index (χ4n) is 3.98. The van der Waals surface area contributed by atoms with E-state index in [1.54, 1.807) is 4.31 Å². The molecule has 0 saturated heterocycles. The molecule has 188 valence electrons. The van der Waals surface area contributed by atoms with Gasteiger partial charge in [0.05, 0.1) is 18.2 Å². The minimum atomic E-state index is -3.61. The van der Waals surface area contributed by atoms with Crippen LogP contribution in [-0.4, -0.2) is 31.1 Å². The predicted molar refractivity (Wildman–Crippen MR) is 135 cm³/mol. The van der Waals surface area contributed by atoms with E-state index in [-0.39, 0.29) is 0 Å². The number of nitrogens with zero attached hydrogens (tertiary/aromatic N) is 4. The predicted octanol–water partition coefficient (Wildman–Crippen LogP) is 6.99. The van der Waals surface area contributed by atoms with Crippen LogP contribution in [0.5, 0.6) is 0 Å². The van der Waals surface area contributed by atoms with Crippen molar-refractivity contribution < 1.29 is 8.42 Å². The Hall–Kier alpha value is -1.62. The molecule has 6 nitrogen and oxygen atoms in total. The molecule has 0 rings (SSSR count). The number of sulfonamides is 1. The Morgan fingerprint density at radius 2 is 1.06 bits per heavy atom. The highest BCUT2D eigenvalue weighted by molar-refractivity contribution is 7.90. The maximum Gasteiger partial charge on any atom is 0.230 e. The van der Waals surface area contributed by atoms with Gasteiger partial charge >= 0.3 is 0 Å². The first-order chi connectivity index (χ1) is 16.0. The van der Waals surface area contributed by atoms with Gasteiger partial charge in [-0.3, -0.25) is 0 Å². The molecule has 33 heavy (non-hydrogen) atoms. The van der Waals surface area contributed by atoms with E-state index < -0.39 is 15.3 Å². The Morgan fingerprint density at radius 3 is 1.48 bits per heavy atom. The maximum atomic E-state index is 13.2. The van der Waals surface area contributed by atoms with Gasteiger partial charge in [0.2, 0.25) is 10.0 Å². The lowest BCUT2D eigenvalue weighted by atomic mass is 10.1. The van der Waals surface area contributed by atoms with Crippen molar-refractivity contribution in [1.29, 1.82) is 15.8 Å². The van der Waals surface area contributed by atoms with E-state index in [1.165, 1.54) is 0 Å². The molecule has 0 aromatic heterocycles. The minimum absolute atomic E-state index is 0.424. The summed E-state index contributed by atoms with van der Waals surface area (Å²) in [5.41, 5.74) is 0. The summed E-state index contributed by atoms with van der Waals surface area (Å²) < 4.78 is 28.1. The molecule has 0 aliphatic heterocycles. The smallest absolute Gasteiger partial charge is 0.211 e. The van der Waals surface area contributed by atoms with Crippen LogP contribution >= 0.6 is 0 Å². The first-order valence-electron chi connectivity index (χ1n) is 13.2. The molecule has 0 heterocycles. The van der Waals surface area contributed by atoms with Crippen LogP contribution in [-0.2, 0) is 10.0 Å². The average molecular weight is 479 g/mol. The van der Waals surface area contributed by atoms with Gasteiger partial charge in [0, 0.05) is 25.9 Å². The molecule has 1 atom stereocenters. The normalized spacial score (nSPS) is 12.2. The summed E-state index contributed by atoms with van der Waals surface area (Å²) in [7, 11) is -3.61. The van der Waals surface area contributed by atoms with Crippen LogP contribution in [0.2, 0.25) is 0 Å². The van der Waals surface area contributed by atoms with Gasteiger partial charge in [0.1, 0.15) is 0 Å². The van der Waals surface area contributed by atoms with E-state index in [9.17, 15) is 13.7 Å². The zero-order chi connectivity index (χ0) is 24.6. The van der Waals surface area contributed by atoms with Crippen molar-refractivity contribution in [3.05, 3.63) is 0 Å². The number of nitriles is 3. The number of rotatable bonds is 23. The third-order valence-corrected chi connectivity index (χ3v) is 8.22. The number of hydrogen-bond acceptors (Lipinski definition) is 5. The lowest BCUT2D eigenvalue weighted by Gasteiger charge is -2.25. The molecule has 7 heteroatoms. The molecule has 0 saturated carbocycles. The van der Waals surface area contributed by atoms with Gasteiger partial charge in [-0.25, -0.2) is 12.7 Å². The molecular formula is C26H46N4O2S. The van der Waals surface area contributed by atoms with Crippen LogP contribution in [0.4, 0.5) is 0 Å². The van der Waals surface area contributed by atoms with Crippen LogP contribution in [0, 0.1) is 34.0 Å². The molecule has 0 fully saturated rings. The molecule has 0 spiro atoms. The lowest BCUT2D eigenvalue weighted by Crippen LogP contribution is -2.39. The quantitative estimate of drug-likeness (QED) is 0.147. The highest BCUT2D eigenvalue weighted by Crippen LogP contribution is 2.19. The van der Waals surface area contributed by atoms with Gasteiger partial charge in [-0.2, -0.15) is 15.8 Å². The second kappa shape index (κ2) is 22.2. The summed E-state index contributed by atoms with van der Waals surface area (Å²) in [4.78, 5) is 0. The van der Waals surface area contributed by atoms with Gasteiger partial charge in [-0.15, -0.1) is 0 Å². The van der Waals surface area contributed by atoms with E-state index in [0.717, 1.165) is 103 Å². The Balaban J connectivity index is 4.65. The van der Waals surface area contributed by atoms with Gasteiger partial charge in [-0.1, -0.05) is 84.0 Å². The zero-order valence-corrected chi connectivity index (χ0v) is 21.8. The van der Waals surface area contributed by atoms with E-state index in [1.807, 2.05) is 0 Å². The van der Waals surface area contributed by atoms with Crippen LogP contribution in [0.15, 0.2) is 0 Å². The van der Waals surface area contributed by atoms with Crippen molar-refractivity contribution in [3.8, 4) is 18.2 Å². The second-order valence-corrected chi connectivity index (χ2v) is 11.1. The SMILES string of the molecule is CCCCCCC(C#N)S(=O)(=O)N(CCCCCCCCC#N)CCCCCCCCC#N. The van der Waals surface area contributed by atoms with Crippen molar-refractivity contribution in [2.24, 2.45) is 0 Å². The van der Waals surface area contributed by atoms with Gasteiger partial charge in [0.15, 0.2) is 5.25 Å². The molecule has 0 amide bonds. The van der Waals surface area contributed by atoms with Crippen molar-refractivity contribution in [1.82, 2.24) is 4.31 Å². The third kappa shape index (κ3) is 16.6. The lowest BCUT2D eigenvalue weighted by molar-refractivity contribution is 0.379. The van der Waals surface area contributed by atoms with Crippen molar-refractivity contribution in [3.63, 3.8) is 0 Å². The van der Waals surface area contributed by atoms with Crippen molar-refractivity contribution in [2.75, 3.05) is 13.1 Å². The fourth-order valence-corrected chi connectivity index (χ4v) is 5.71. The number of unbranched alkanes of at least 4 members (excludes halogenated alkanes) is 15. The van der Waals surface area contributed by atoms with E-state index in [4.69, 9.17) is 10.5 Å². The van der Waals surface area contributed by atoms with E-state index in [0.29, 0.717) is 32.4 Å². The van der Waals surface area contributed by atoms with Crippen LogP contribution in [0.25, 0.3) is 0 Å². The van der Waals surface area contributed by atoms with Crippen molar-refractivity contribution >= 4 is 10.0 Å². The Morgan fingerprint density at radius 1 is 0.636 bits per heavy atom. The Kier molecular flexibility index (Phi) is 21.1. The Labute approximate surface area is 204 Å². The summed E-state index contributed by atoms with van der Waals surface area (Å²) in [6.45, 7) is 3.11. The van der Waals surface area contributed by atoms with Crippen LogP contribution < -0.4 is 0 Å². The van der Waals surface area contributed by atoms with E-state index >= 15 is 0 Å². The average Bonchev–Trinajstić information content (AvgIpc) is 2.80. The van der Waals surface area contributed by atoms with E-state index in [2.05, 4.69) is 25.1 Å². The number of hydrogen-bond donors (Lipinski definition) is 0. The fraction of sp³-hybridized carbons (Fsp3) is 0.885. The molecule has 0 aliphatic carbocycles. The largest absolute Gasteiger partial charge is 0.230 e. The minimum Gasteiger partial charge on any atom is -0.211 e. The summed E-state index contributed by atoms with van der Waals surface area (Å²) in [5, 5.41) is 25.8. The van der Waals surface area contributed by atoms with Crippen LogP contribution in [0.1, 0.15) is 129 Å². The van der Waals surface area contributed by atoms with Crippen molar-refractivity contribution in [2.45, 2.75) is 134 Å². The molecule has 0 radical (unpaired) electrons. The standard InChI is InChI=1S/C26H46N4O2S/c1-2-3-4-15-20-26(25-29)33(31,32)30(23-18-13-9-5-7-11-16-21-27)24-19-14-10-6-8-12-17-22-28/h26H,2-20,23-24H2,1H3. The monoisotopic (exact) mass is 478 g/mol. The maximum absolute atomic E-state index is 13.2. The molecule has 0 bridgehead atoms. The Bertz CT molecular complexity index is 659. The molecule has 0 aromatic rings. The molecule has 0 aromatic carbocycles. The second-order valence-electron chi connectivity index (χ2n) is 8.97. The highest BCUT2D eigenvalue weighted by atomic mass is 32.2. The van der Waals surface area contributed by atoms with Gasteiger partial charge in [0.25, 0.3) is 0 Å². The molecule has 0 aliphatic rings. The zero-order valence-electron chi connectivity index (χ0n) is 20.9.